The molecule has 0 aliphatic rings. The number of anilines is 1. The first-order valence-corrected chi connectivity index (χ1v) is 9.10. The van der Waals surface area contributed by atoms with E-state index in [0.29, 0.717) is 12.2 Å². The predicted octanol–water partition coefficient (Wildman–Crippen LogP) is 1.24. The molecular weight excluding hydrogens is 334 g/mol. The van der Waals surface area contributed by atoms with Crippen LogP contribution < -0.4 is 10.5 Å². The molecule has 0 atom stereocenters. The summed E-state index contributed by atoms with van der Waals surface area (Å²) in [7, 11) is -2.68. The Kier molecular flexibility index (Phi) is 4.93. The summed E-state index contributed by atoms with van der Waals surface area (Å²) in [5.74, 6) is -1.57. The number of esters is 1. The van der Waals surface area contributed by atoms with E-state index in [4.69, 9.17) is 5.73 Å². The lowest BCUT2D eigenvalue weighted by Gasteiger charge is -2.03. The smallest absolute Gasteiger partial charge is 0.322 e. The number of methoxy groups -OCH3 is 1. The molecule has 2 rings (SSSR count). The van der Waals surface area contributed by atoms with E-state index in [0.717, 1.165) is 28.2 Å². The highest BCUT2D eigenvalue weighted by atomic mass is 32.2. The number of thiophene rings is 1. The van der Waals surface area contributed by atoms with Crippen LogP contribution in [0.15, 0.2) is 17.5 Å². The van der Waals surface area contributed by atoms with Crippen LogP contribution in [0, 0.1) is 0 Å². The third-order valence-corrected chi connectivity index (χ3v) is 5.53. The quantitative estimate of drug-likeness (QED) is 0.761. The average molecular weight is 347 g/mol. The van der Waals surface area contributed by atoms with E-state index in [9.17, 15) is 13.2 Å². The monoisotopic (exact) mass is 347 g/mol. The summed E-state index contributed by atoms with van der Waals surface area (Å²) in [6.45, 7) is 0.452. The minimum absolute atomic E-state index is 0.205. The number of carbonyl (C=O) groups is 1. The first-order chi connectivity index (χ1) is 9.93. The molecule has 0 bridgehead atoms. The summed E-state index contributed by atoms with van der Waals surface area (Å²) >= 11 is 2.64. The number of hydrogen-bond donors (Lipinski definition) is 2. The summed E-state index contributed by atoms with van der Waals surface area (Å²) in [5, 5.41) is 1.94. The highest BCUT2D eigenvalue weighted by Crippen LogP contribution is 2.30. The van der Waals surface area contributed by atoms with Crippen molar-refractivity contribution in [1.82, 2.24) is 4.98 Å². The Morgan fingerprint density at radius 1 is 1.48 bits per heavy atom. The van der Waals surface area contributed by atoms with Gasteiger partial charge in [0, 0.05) is 16.8 Å². The maximum atomic E-state index is 11.7. The molecule has 0 aliphatic heterocycles. The summed E-state index contributed by atoms with van der Waals surface area (Å²) in [6, 6.07) is 3.79. The maximum absolute atomic E-state index is 11.7. The van der Waals surface area contributed by atoms with Crippen molar-refractivity contribution in [3.8, 4) is 10.6 Å². The van der Waals surface area contributed by atoms with Crippen LogP contribution in [0.4, 0.5) is 5.13 Å². The number of aromatic nitrogens is 1. The van der Waals surface area contributed by atoms with Gasteiger partial charge in [-0.25, -0.2) is 13.4 Å². The van der Waals surface area contributed by atoms with Crippen molar-refractivity contribution < 1.29 is 17.9 Å². The Labute approximate surface area is 129 Å². The molecule has 0 amide bonds. The molecule has 0 spiro atoms. The van der Waals surface area contributed by atoms with Crippen molar-refractivity contribution in [2.75, 3.05) is 17.6 Å². The first kappa shape index (κ1) is 15.9. The number of carbonyl (C=O) groups excluding carboxylic acids is 1. The number of nitrogens with one attached hydrogen (secondary N) is 1. The lowest BCUT2D eigenvalue weighted by molar-refractivity contribution is -0.137. The summed E-state index contributed by atoms with van der Waals surface area (Å²) < 4.78 is 30.0. The maximum Gasteiger partial charge on any atom is 0.322 e. The molecule has 10 heteroatoms. The van der Waals surface area contributed by atoms with E-state index in [1.165, 1.54) is 11.3 Å². The fourth-order valence-corrected chi connectivity index (χ4v) is 4.30. The van der Waals surface area contributed by atoms with Gasteiger partial charge in [-0.1, -0.05) is 0 Å². The minimum Gasteiger partial charge on any atom is -0.468 e. The van der Waals surface area contributed by atoms with Crippen molar-refractivity contribution in [3.05, 3.63) is 22.4 Å². The van der Waals surface area contributed by atoms with Crippen molar-refractivity contribution >= 4 is 43.8 Å². The van der Waals surface area contributed by atoms with E-state index in [1.54, 1.807) is 5.38 Å². The van der Waals surface area contributed by atoms with Crippen LogP contribution >= 0.6 is 22.7 Å². The van der Waals surface area contributed by atoms with Crippen LogP contribution in [0.1, 0.15) is 4.88 Å². The van der Waals surface area contributed by atoms with Gasteiger partial charge in [0.25, 0.3) is 0 Å². The van der Waals surface area contributed by atoms with Crippen molar-refractivity contribution in [1.29, 1.82) is 0 Å². The molecule has 3 N–H and O–H groups in total. The molecule has 2 aromatic heterocycles. The third kappa shape index (κ3) is 4.24. The van der Waals surface area contributed by atoms with Crippen LogP contribution in [-0.2, 0) is 26.1 Å². The number of rotatable bonds is 6. The largest absolute Gasteiger partial charge is 0.468 e. The Morgan fingerprint density at radius 2 is 2.24 bits per heavy atom. The second-order valence-corrected chi connectivity index (χ2v) is 7.69. The highest BCUT2D eigenvalue weighted by molar-refractivity contribution is 7.93. The normalized spacial score (nSPS) is 11.3. The molecular formula is C11H13N3O4S3. The molecule has 2 aromatic rings. The van der Waals surface area contributed by atoms with Gasteiger partial charge in [0.05, 0.1) is 17.7 Å². The number of thiazole rings is 1. The third-order valence-electron chi connectivity index (χ3n) is 2.40. The van der Waals surface area contributed by atoms with Gasteiger partial charge in [-0.3, -0.25) is 9.52 Å². The van der Waals surface area contributed by atoms with Gasteiger partial charge in [0.1, 0.15) is 0 Å². The molecule has 114 valence electrons. The van der Waals surface area contributed by atoms with Gasteiger partial charge in [-0.05, 0) is 12.1 Å². The predicted molar refractivity (Wildman–Crippen MR) is 82.7 cm³/mol. The number of ether oxygens (including phenoxy) is 1. The Balaban J connectivity index is 2.11. The zero-order valence-corrected chi connectivity index (χ0v) is 13.5. The van der Waals surface area contributed by atoms with Crippen LogP contribution in [0.2, 0.25) is 0 Å². The van der Waals surface area contributed by atoms with Gasteiger partial charge in [-0.2, -0.15) is 0 Å². The van der Waals surface area contributed by atoms with E-state index < -0.39 is 21.7 Å². The lowest BCUT2D eigenvalue weighted by Crippen LogP contribution is -2.23. The minimum atomic E-state index is -3.81. The van der Waals surface area contributed by atoms with Gasteiger partial charge in [0.2, 0.25) is 10.0 Å². The molecule has 0 aliphatic carbocycles. The molecule has 0 fully saturated rings. The van der Waals surface area contributed by atoms with E-state index >= 15 is 0 Å². The van der Waals surface area contributed by atoms with Crippen LogP contribution in [0.25, 0.3) is 10.6 Å². The van der Waals surface area contributed by atoms with Crippen LogP contribution in [0.3, 0.4) is 0 Å². The number of nitrogens with two attached hydrogens (primary N) is 1. The topological polar surface area (TPSA) is 111 Å². The van der Waals surface area contributed by atoms with Gasteiger partial charge >= 0.3 is 5.97 Å². The molecule has 0 aromatic carbocycles. The Hall–Kier alpha value is -1.49. The second-order valence-electron chi connectivity index (χ2n) is 3.95. The standard InChI is InChI=1S/C11H13N3O4S3/c1-18-10(15)6-21(16,17)14-11-13-8(5-19-11)9-3-2-7(4-12)20-9/h2-3,5H,4,6,12H2,1H3,(H,13,14). The SMILES string of the molecule is COC(=O)CS(=O)(=O)Nc1nc(-c2ccc(CN)s2)cs1. The van der Waals surface area contributed by atoms with Crippen LogP contribution in [-0.4, -0.2) is 32.2 Å². The molecule has 0 saturated heterocycles. The average Bonchev–Trinajstić information content (AvgIpc) is 3.05. The fourth-order valence-electron chi connectivity index (χ4n) is 1.44. The fraction of sp³-hybridized carbons (Fsp3) is 0.273. The van der Waals surface area contributed by atoms with E-state index in [1.807, 2.05) is 12.1 Å². The summed E-state index contributed by atoms with van der Waals surface area (Å²) in [6.07, 6.45) is 0. The molecule has 0 saturated carbocycles. The zero-order valence-electron chi connectivity index (χ0n) is 11.0. The second kappa shape index (κ2) is 6.52. The Morgan fingerprint density at radius 3 is 2.86 bits per heavy atom. The van der Waals surface area contributed by atoms with E-state index in [-0.39, 0.29) is 5.13 Å². The van der Waals surface area contributed by atoms with Crippen molar-refractivity contribution in [2.45, 2.75) is 6.54 Å². The highest BCUT2D eigenvalue weighted by Gasteiger charge is 2.19. The van der Waals surface area contributed by atoms with Crippen LogP contribution in [0.5, 0.6) is 0 Å². The number of sulfonamides is 1. The van der Waals surface area contributed by atoms with Gasteiger partial charge in [0.15, 0.2) is 10.9 Å². The number of hydrogen-bond acceptors (Lipinski definition) is 8. The van der Waals surface area contributed by atoms with Gasteiger partial charge in [-0.15, -0.1) is 22.7 Å². The Bertz CT molecular complexity index is 735. The molecule has 21 heavy (non-hydrogen) atoms. The van der Waals surface area contributed by atoms with E-state index in [2.05, 4.69) is 14.4 Å². The lowest BCUT2D eigenvalue weighted by atomic mass is 10.4. The van der Waals surface area contributed by atoms with Crippen molar-refractivity contribution in [3.63, 3.8) is 0 Å². The molecule has 7 nitrogen and oxygen atoms in total. The summed E-state index contributed by atoms with van der Waals surface area (Å²) in [4.78, 5) is 17.1. The van der Waals surface area contributed by atoms with Gasteiger partial charge < -0.3 is 10.5 Å². The summed E-state index contributed by atoms with van der Waals surface area (Å²) in [5.41, 5.74) is 6.21. The number of nitrogens with zero attached hydrogens (tertiary/aromatic N) is 1. The molecule has 2 heterocycles. The molecule has 0 radical (unpaired) electrons. The van der Waals surface area contributed by atoms with Crippen molar-refractivity contribution in [2.24, 2.45) is 5.73 Å². The first-order valence-electron chi connectivity index (χ1n) is 5.75. The zero-order chi connectivity index (χ0) is 15.5. The molecule has 0 unspecified atom stereocenters.